The summed E-state index contributed by atoms with van der Waals surface area (Å²) in [5, 5.41) is 3.30. The molecular weight excluding hydrogens is 242 g/mol. The molecule has 0 atom stereocenters. The van der Waals surface area contributed by atoms with E-state index in [1.807, 2.05) is 29.0 Å². The molecule has 1 aromatic carbocycles. The van der Waals surface area contributed by atoms with E-state index in [0.29, 0.717) is 13.2 Å². The fourth-order valence-electron chi connectivity index (χ4n) is 1.84. The minimum absolute atomic E-state index is 0.605. The van der Waals surface area contributed by atoms with E-state index < -0.39 is 0 Å². The lowest BCUT2D eigenvalue weighted by Gasteiger charge is -2.10. The number of ether oxygens (including phenoxy) is 2. The first-order chi connectivity index (χ1) is 9.33. The van der Waals surface area contributed by atoms with Gasteiger partial charge in [0.15, 0.2) is 0 Å². The Morgan fingerprint density at radius 1 is 1.26 bits per heavy atom. The Hall–Kier alpha value is -1.85. The van der Waals surface area contributed by atoms with Crippen molar-refractivity contribution in [2.24, 2.45) is 0 Å². The number of hydrogen-bond donors (Lipinski definition) is 1. The number of anilines is 2. The molecule has 0 aliphatic carbocycles. The average Bonchev–Trinajstić information content (AvgIpc) is 2.84. The summed E-state index contributed by atoms with van der Waals surface area (Å²) in [6.45, 7) is 2.04. The van der Waals surface area contributed by atoms with Gasteiger partial charge in [0, 0.05) is 38.8 Å². The standard InChI is InChI=1S/C14H19N3O2/c1-18-9-8-17-7-6-15-14(17)16-13-5-3-4-12(10-13)11-19-2/h3-7,10H,8-9,11H2,1-2H3,(H,15,16). The van der Waals surface area contributed by atoms with Crippen molar-refractivity contribution in [3.05, 3.63) is 42.2 Å². The van der Waals surface area contributed by atoms with Gasteiger partial charge in [-0.05, 0) is 17.7 Å². The second kappa shape index (κ2) is 6.92. The van der Waals surface area contributed by atoms with Crippen LogP contribution in [0.1, 0.15) is 5.56 Å². The highest BCUT2D eigenvalue weighted by atomic mass is 16.5. The molecule has 5 nitrogen and oxygen atoms in total. The van der Waals surface area contributed by atoms with Gasteiger partial charge in [-0.2, -0.15) is 0 Å². The van der Waals surface area contributed by atoms with Crippen LogP contribution in [0.5, 0.6) is 0 Å². The summed E-state index contributed by atoms with van der Waals surface area (Å²) in [6.07, 6.45) is 3.71. The maximum Gasteiger partial charge on any atom is 0.207 e. The van der Waals surface area contributed by atoms with Gasteiger partial charge in [0.05, 0.1) is 13.2 Å². The lowest BCUT2D eigenvalue weighted by atomic mass is 10.2. The summed E-state index contributed by atoms with van der Waals surface area (Å²) in [4.78, 5) is 4.31. The van der Waals surface area contributed by atoms with Gasteiger partial charge in [-0.15, -0.1) is 0 Å². The molecule has 0 saturated carbocycles. The summed E-state index contributed by atoms with van der Waals surface area (Å²) in [6, 6.07) is 8.10. The molecule has 2 aromatic rings. The SMILES string of the molecule is COCCn1ccnc1Nc1cccc(COC)c1. The third-order valence-corrected chi connectivity index (χ3v) is 2.75. The van der Waals surface area contributed by atoms with Crippen molar-refractivity contribution in [1.82, 2.24) is 9.55 Å². The van der Waals surface area contributed by atoms with Crippen LogP contribution in [0.25, 0.3) is 0 Å². The lowest BCUT2D eigenvalue weighted by molar-refractivity contribution is 0.185. The Kier molecular flexibility index (Phi) is 4.94. The smallest absolute Gasteiger partial charge is 0.207 e. The van der Waals surface area contributed by atoms with Crippen LogP contribution in [0, 0.1) is 0 Å². The molecule has 1 aromatic heterocycles. The second-order valence-electron chi connectivity index (χ2n) is 4.20. The number of nitrogens with one attached hydrogen (secondary N) is 1. The van der Waals surface area contributed by atoms with Crippen LogP contribution in [0.3, 0.4) is 0 Å². The van der Waals surface area contributed by atoms with Crippen molar-refractivity contribution in [3.8, 4) is 0 Å². The third-order valence-electron chi connectivity index (χ3n) is 2.75. The van der Waals surface area contributed by atoms with Crippen molar-refractivity contribution in [2.45, 2.75) is 13.2 Å². The van der Waals surface area contributed by atoms with Crippen LogP contribution in [-0.4, -0.2) is 30.4 Å². The summed E-state index contributed by atoms with van der Waals surface area (Å²) < 4.78 is 12.2. The summed E-state index contributed by atoms with van der Waals surface area (Å²) in [5.74, 6) is 0.812. The molecule has 19 heavy (non-hydrogen) atoms. The lowest BCUT2D eigenvalue weighted by Crippen LogP contribution is -2.07. The minimum atomic E-state index is 0.605. The molecule has 102 valence electrons. The van der Waals surface area contributed by atoms with Gasteiger partial charge in [-0.1, -0.05) is 12.1 Å². The first-order valence-electron chi connectivity index (χ1n) is 6.18. The first kappa shape index (κ1) is 13.6. The molecule has 5 heteroatoms. The molecule has 0 aliphatic rings. The highest BCUT2D eigenvalue weighted by Gasteiger charge is 2.03. The van der Waals surface area contributed by atoms with Crippen LogP contribution < -0.4 is 5.32 Å². The summed E-state index contributed by atoms with van der Waals surface area (Å²) in [7, 11) is 3.38. The molecule has 2 rings (SSSR count). The first-order valence-corrected chi connectivity index (χ1v) is 6.18. The van der Waals surface area contributed by atoms with E-state index in [-0.39, 0.29) is 0 Å². The van der Waals surface area contributed by atoms with Crippen LogP contribution in [0.2, 0.25) is 0 Å². The van der Waals surface area contributed by atoms with Crippen molar-refractivity contribution in [1.29, 1.82) is 0 Å². The van der Waals surface area contributed by atoms with Gasteiger partial charge in [-0.25, -0.2) is 4.98 Å². The van der Waals surface area contributed by atoms with Crippen molar-refractivity contribution in [2.75, 3.05) is 26.1 Å². The quantitative estimate of drug-likeness (QED) is 0.831. The summed E-state index contributed by atoms with van der Waals surface area (Å²) >= 11 is 0. The van der Waals surface area contributed by atoms with Crippen molar-refractivity contribution in [3.63, 3.8) is 0 Å². The predicted octanol–water partition coefficient (Wildman–Crippen LogP) is 2.42. The molecule has 0 unspecified atom stereocenters. The number of imidazole rings is 1. The van der Waals surface area contributed by atoms with E-state index in [4.69, 9.17) is 9.47 Å². The molecule has 0 bridgehead atoms. The molecule has 0 aliphatic heterocycles. The molecule has 0 amide bonds. The topological polar surface area (TPSA) is 48.3 Å². The number of hydrogen-bond acceptors (Lipinski definition) is 4. The largest absolute Gasteiger partial charge is 0.383 e. The number of benzene rings is 1. The normalized spacial score (nSPS) is 10.6. The minimum Gasteiger partial charge on any atom is -0.383 e. The van der Waals surface area contributed by atoms with E-state index in [9.17, 15) is 0 Å². The van der Waals surface area contributed by atoms with Crippen LogP contribution >= 0.6 is 0 Å². The maximum atomic E-state index is 5.13. The fourth-order valence-corrected chi connectivity index (χ4v) is 1.84. The zero-order valence-corrected chi connectivity index (χ0v) is 11.3. The molecule has 0 spiro atoms. The fraction of sp³-hybridized carbons (Fsp3) is 0.357. The van der Waals surface area contributed by atoms with Crippen molar-refractivity contribution >= 4 is 11.6 Å². The van der Waals surface area contributed by atoms with Gasteiger partial charge in [0.2, 0.25) is 5.95 Å². The summed E-state index contributed by atoms with van der Waals surface area (Å²) in [5.41, 5.74) is 2.13. The second-order valence-corrected chi connectivity index (χ2v) is 4.20. The monoisotopic (exact) mass is 261 g/mol. The number of nitrogens with zero attached hydrogens (tertiary/aromatic N) is 2. The van der Waals surface area contributed by atoms with E-state index >= 15 is 0 Å². The highest BCUT2D eigenvalue weighted by Crippen LogP contribution is 2.16. The van der Waals surface area contributed by atoms with Crippen LogP contribution in [0.4, 0.5) is 11.6 Å². The van der Waals surface area contributed by atoms with E-state index in [0.717, 1.165) is 23.7 Å². The van der Waals surface area contributed by atoms with Gasteiger partial charge in [0.1, 0.15) is 0 Å². The zero-order chi connectivity index (χ0) is 13.5. The molecule has 1 heterocycles. The number of aromatic nitrogens is 2. The van der Waals surface area contributed by atoms with Crippen molar-refractivity contribution < 1.29 is 9.47 Å². The van der Waals surface area contributed by atoms with E-state index in [2.05, 4.69) is 16.4 Å². The molecular formula is C14H19N3O2. The Morgan fingerprint density at radius 3 is 2.95 bits per heavy atom. The molecule has 0 radical (unpaired) electrons. The molecule has 1 N–H and O–H groups in total. The maximum absolute atomic E-state index is 5.13. The van der Waals surface area contributed by atoms with Crippen LogP contribution in [-0.2, 0) is 22.6 Å². The highest BCUT2D eigenvalue weighted by molar-refractivity contribution is 5.54. The van der Waals surface area contributed by atoms with E-state index in [1.54, 1.807) is 20.4 Å². The number of methoxy groups -OCH3 is 2. The molecule has 0 fully saturated rings. The predicted molar refractivity (Wildman–Crippen MR) is 74.5 cm³/mol. The van der Waals surface area contributed by atoms with Gasteiger partial charge in [0.25, 0.3) is 0 Å². The van der Waals surface area contributed by atoms with E-state index in [1.165, 1.54) is 0 Å². The van der Waals surface area contributed by atoms with Gasteiger partial charge in [-0.3, -0.25) is 0 Å². The Balaban J connectivity index is 2.08. The Bertz CT molecular complexity index is 511. The average molecular weight is 261 g/mol. The third kappa shape index (κ3) is 3.81. The Labute approximate surface area is 113 Å². The van der Waals surface area contributed by atoms with Gasteiger partial charge >= 0.3 is 0 Å². The van der Waals surface area contributed by atoms with Crippen LogP contribution in [0.15, 0.2) is 36.7 Å². The Morgan fingerprint density at radius 2 is 2.16 bits per heavy atom. The molecule has 0 saturated heterocycles. The zero-order valence-electron chi connectivity index (χ0n) is 11.3. The number of rotatable bonds is 7. The van der Waals surface area contributed by atoms with Gasteiger partial charge < -0.3 is 19.4 Å².